The molecule has 0 unspecified atom stereocenters. The summed E-state index contributed by atoms with van der Waals surface area (Å²) < 4.78 is 11.3. The number of carbonyl (C=O) groups is 2. The molecular weight excluding hydrogens is 306 g/mol. The van der Waals surface area contributed by atoms with E-state index in [1.54, 1.807) is 35.4 Å². The van der Waals surface area contributed by atoms with E-state index in [0.29, 0.717) is 43.0 Å². The van der Waals surface area contributed by atoms with Gasteiger partial charge in [-0.05, 0) is 30.3 Å². The average molecular weight is 323 g/mol. The SMILES string of the molecule is O=C1C[C@]2(CCN(C(=O)/C=C/c3ccco3)C2)Oc2ccccc21. The van der Waals surface area contributed by atoms with Gasteiger partial charge in [-0.1, -0.05) is 12.1 Å². The topological polar surface area (TPSA) is 59.8 Å². The van der Waals surface area contributed by atoms with Crippen LogP contribution in [0.1, 0.15) is 29.0 Å². The third kappa shape index (κ3) is 2.62. The Kier molecular flexibility index (Phi) is 3.49. The van der Waals surface area contributed by atoms with Crippen LogP contribution in [-0.4, -0.2) is 35.3 Å². The van der Waals surface area contributed by atoms with Crippen LogP contribution in [0.15, 0.2) is 53.2 Å². The van der Waals surface area contributed by atoms with Gasteiger partial charge in [0.05, 0.1) is 24.8 Å². The van der Waals surface area contributed by atoms with Crippen molar-refractivity contribution < 1.29 is 18.7 Å². The number of nitrogens with zero attached hydrogens (tertiary/aromatic N) is 1. The lowest BCUT2D eigenvalue weighted by molar-refractivity contribution is -0.125. The summed E-state index contributed by atoms with van der Waals surface area (Å²) in [5, 5.41) is 0. The van der Waals surface area contributed by atoms with E-state index >= 15 is 0 Å². The van der Waals surface area contributed by atoms with Gasteiger partial charge >= 0.3 is 0 Å². The van der Waals surface area contributed by atoms with E-state index < -0.39 is 5.60 Å². The molecule has 5 nitrogen and oxygen atoms in total. The lowest BCUT2D eigenvalue weighted by Crippen LogP contribution is -2.45. The summed E-state index contributed by atoms with van der Waals surface area (Å²) in [5.41, 5.74) is 0.0326. The van der Waals surface area contributed by atoms with Crippen molar-refractivity contribution in [1.82, 2.24) is 4.90 Å². The van der Waals surface area contributed by atoms with Crippen molar-refractivity contribution in [3.8, 4) is 5.75 Å². The van der Waals surface area contributed by atoms with E-state index in [0.717, 1.165) is 0 Å². The molecule has 0 saturated carbocycles. The van der Waals surface area contributed by atoms with Crippen molar-refractivity contribution in [3.63, 3.8) is 0 Å². The van der Waals surface area contributed by atoms with Gasteiger partial charge in [0.25, 0.3) is 0 Å². The number of para-hydroxylation sites is 1. The van der Waals surface area contributed by atoms with Crippen molar-refractivity contribution in [2.75, 3.05) is 13.1 Å². The van der Waals surface area contributed by atoms with Crippen molar-refractivity contribution in [1.29, 1.82) is 0 Å². The highest BCUT2D eigenvalue weighted by Gasteiger charge is 2.46. The molecule has 0 aliphatic carbocycles. The van der Waals surface area contributed by atoms with Gasteiger partial charge in [-0.3, -0.25) is 9.59 Å². The Labute approximate surface area is 139 Å². The van der Waals surface area contributed by atoms with Gasteiger partial charge in [0, 0.05) is 19.0 Å². The largest absolute Gasteiger partial charge is 0.484 e. The second-order valence-corrected chi connectivity index (χ2v) is 6.24. The molecule has 2 aliphatic rings. The number of ether oxygens (including phenoxy) is 1. The number of Topliss-reactive ketones (excluding diaryl/α,β-unsaturated/α-hetero) is 1. The molecule has 122 valence electrons. The second-order valence-electron chi connectivity index (χ2n) is 6.24. The molecule has 3 heterocycles. The van der Waals surface area contributed by atoms with Crippen molar-refractivity contribution in [2.24, 2.45) is 0 Å². The van der Waals surface area contributed by atoms with Gasteiger partial charge in [-0.15, -0.1) is 0 Å². The zero-order chi connectivity index (χ0) is 16.6. The highest BCUT2D eigenvalue weighted by Crippen LogP contribution is 2.38. The van der Waals surface area contributed by atoms with Crippen LogP contribution in [0.25, 0.3) is 6.08 Å². The highest BCUT2D eigenvalue weighted by atomic mass is 16.5. The lowest BCUT2D eigenvalue weighted by atomic mass is 9.89. The van der Waals surface area contributed by atoms with Gasteiger partial charge < -0.3 is 14.1 Å². The van der Waals surface area contributed by atoms with Crippen LogP contribution in [0.2, 0.25) is 0 Å². The lowest BCUT2D eigenvalue weighted by Gasteiger charge is -2.34. The number of amides is 1. The Morgan fingerprint density at radius 1 is 1.21 bits per heavy atom. The minimum absolute atomic E-state index is 0.0808. The van der Waals surface area contributed by atoms with Crippen LogP contribution < -0.4 is 4.74 Å². The Balaban J connectivity index is 1.48. The summed E-state index contributed by atoms with van der Waals surface area (Å²) >= 11 is 0. The third-order valence-corrected chi connectivity index (χ3v) is 4.56. The third-order valence-electron chi connectivity index (χ3n) is 4.56. The van der Waals surface area contributed by atoms with Gasteiger partial charge in [-0.25, -0.2) is 0 Å². The van der Waals surface area contributed by atoms with Crippen molar-refractivity contribution in [2.45, 2.75) is 18.4 Å². The summed E-state index contributed by atoms with van der Waals surface area (Å²) in [7, 11) is 0. The van der Waals surface area contributed by atoms with E-state index in [1.165, 1.54) is 6.08 Å². The smallest absolute Gasteiger partial charge is 0.246 e. The summed E-state index contributed by atoms with van der Waals surface area (Å²) in [6, 6.07) is 10.9. The summed E-state index contributed by atoms with van der Waals surface area (Å²) in [6.07, 6.45) is 5.68. The molecule has 1 saturated heterocycles. The quantitative estimate of drug-likeness (QED) is 0.797. The Hall–Kier alpha value is -2.82. The Morgan fingerprint density at radius 3 is 2.92 bits per heavy atom. The standard InChI is InChI=1S/C19H17NO4/c21-16-12-19(24-17-6-2-1-5-15(16)17)9-10-20(13-19)18(22)8-7-14-4-3-11-23-14/h1-8,11H,9-10,12-13H2/b8-7+/t19-/m0/s1. The normalized spacial score (nSPS) is 22.8. The molecule has 5 heteroatoms. The molecule has 1 atom stereocenters. The number of carbonyl (C=O) groups excluding carboxylic acids is 2. The fourth-order valence-corrected chi connectivity index (χ4v) is 3.35. The molecule has 1 aromatic heterocycles. The molecule has 1 amide bonds. The minimum atomic E-state index is -0.598. The maximum Gasteiger partial charge on any atom is 0.246 e. The van der Waals surface area contributed by atoms with Crippen LogP contribution >= 0.6 is 0 Å². The highest BCUT2D eigenvalue weighted by molar-refractivity contribution is 6.00. The van der Waals surface area contributed by atoms with Gasteiger partial charge in [0.2, 0.25) is 5.91 Å². The average Bonchev–Trinajstić information content (AvgIpc) is 3.23. The number of likely N-dealkylation sites (tertiary alicyclic amines) is 1. The minimum Gasteiger partial charge on any atom is -0.484 e. The van der Waals surface area contributed by atoms with Crippen LogP contribution in [0.5, 0.6) is 5.75 Å². The second kappa shape index (κ2) is 5.67. The maximum atomic E-state index is 12.4. The van der Waals surface area contributed by atoms with E-state index in [2.05, 4.69) is 0 Å². The molecule has 0 N–H and O–H groups in total. The number of rotatable bonds is 2. The van der Waals surface area contributed by atoms with E-state index in [-0.39, 0.29) is 11.7 Å². The molecule has 0 bridgehead atoms. The Morgan fingerprint density at radius 2 is 2.08 bits per heavy atom. The van der Waals surface area contributed by atoms with Gasteiger partial charge in [0.15, 0.2) is 5.78 Å². The zero-order valence-corrected chi connectivity index (χ0v) is 13.1. The van der Waals surface area contributed by atoms with Crippen LogP contribution in [0.3, 0.4) is 0 Å². The number of furan rings is 1. The molecular formula is C19H17NO4. The predicted octanol–water partition coefficient (Wildman–Crippen LogP) is 2.93. The van der Waals surface area contributed by atoms with Gasteiger partial charge in [0.1, 0.15) is 17.1 Å². The number of hydrogen-bond acceptors (Lipinski definition) is 4. The van der Waals surface area contributed by atoms with Crippen LogP contribution in [0, 0.1) is 0 Å². The molecule has 2 aromatic rings. The van der Waals surface area contributed by atoms with E-state index in [1.807, 2.05) is 18.2 Å². The molecule has 1 fully saturated rings. The van der Waals surface area contributed by atoms with Crippen LogP contribution in [-0.2, 0) is 4.79 Å². The first-order valence-electron chi connectivity index (χ1n) is 7.97. The maximum absolute atomic E-state index is 12.4. The van der Waals surface area contributed by atoms with Crippen LogP contribution in [0.4, 0.5) is 0 Å². The predicted molar refractivity (Wildman–Crippen MR) is 87.7 cm³/mol. The first-order chi connectivity index (χ1) is 11.7. The first kappa shape index (κ1) is 14.8. The van der Waals surface area contributed by atoms with Crippen molar-refractivity contribution >= 4 is 17.8 Å². The van der Waals surface area contributed by atoms with Gasteiger partial charge in [-0.2, -0.15) is 0 Å². The van der Waals surface area contributed by atoms with E-state index in [9.17, 15) is 9.59 Å². The number of hydrogen-bond donors (Lipinski definition) is 0. The summed E-state index contributed by atoms with van der Waals surface area (Å²) in [6.45, 7) is 1.01. The monoisotopic (exact) mass is 323 g/mol. The molecule has 0 radical (unpaired) electrons. The molecule has 24 heavy (non-hydrogen) atoms. The fourth-order valence-electron chi connectivity index (χ4n) is 3.35. The van der Waals surface area contributed by atoms with E-state index in [4.69, 9.17) is 9.15 Å². The molecule has 1 spiro atoms. The molecule has 1 aromatic carbocycles. The summed E-state index contributed by atoms with van der Waals surface area (Å²) in [4.78, 5) is 26.5. The number of fused-ring (bicyclic) bond motifs is 1. The number of benzene rings is 1. The fraction of sp³-hybridized carbons (Fsp3) is 0.263. The number of ketones is 1. The zero-order valence-electron chi connectivity index (χ0n) is 13.1. The Bertz CT molecular complexity index is 809. The van der Waals surface area contributed by atoms with Crippen molar-refractivity contribution in [3.05, 3.63) is 60.1 Å². The molecule has 4 rings (SSSR count). The summed E-state index contributed by atoms with van der Waals surface area (Å²) in [5.74, 6) is 1.24. The molecule has 2 aliphatic heterocycles. The first-order valence-corrected chi connectivity index (χ1v) is 7.97.